The number of hydrogen-bond acceptors (Lipinski definition) is 4. The van der Waals surface area contributed by atoms with E-state index in [0.717, 1.165) is 5.56 Å². The lowest BCUT2D eigenvalue weighted by molar-refractivity contribution is -0.0665. The Morgan fingerprint density at radius 1 is 1.23 bits per heavy atom. The lowest BCUT2D eigenvalue weighted by atomic mass is 9.94. The zero-order valence-corrected chi connectivity index (χ0v) is 12.6. The van der Waals surface area contributed by atoms with Crippen molar-refractivity contribution in [3.8, 4) is 0 Å². The van der Waals surface area contributed by atoms with E-state index in [1.165, 1.54) is 11.8 Å². The number of hydrogen-bond donors (Lipinski definition) is 1. The molecule has 118 valence electrons. The molecule has 3 nitrogen and oxygen atoms in total. The number of halogens is 3. The minimum Gasteiger partial charge on any atom is -0.295 e. The van der Waals surface area contributed by atoms with Crippen LogP contribution in [0.15, 0.2) is 35.3 Å². The Morgan fingerprint density at radius 3 is 2.64 bits per heavy atom. The number of thioether (sulfide) groups is 1. The molecule has 1 aromatic carbocycles. The third-order valence-electron chi connectivity index (χ3n) is 4.38. The summed E-state index contributed by atoms with van der Waals surface area (Å²) < 4.78 is 40.0. The first-order chi connectivity index (χ1) is 10.5. The molecule has 7 heteroatoms. The summed E-state index contributed by atoms with van der Waals surface area (Å²) in [6, 6.07) is 9.65. The highest BCUT2D eigenvalue weighted by Gasteiger charge is 2.49. The van der Waals surface area contributed by atoms with E-state index in [1.54, 1.807) is 0 Å². The van der Waals surface area contributed by atoms with E-state index in [-0.39, 0.29) is 24.1 Å². The Kier molecular flexibility index (Phi) is 3.38. The van der Waals surface area contributed by atoms with Crippen molar-refractivity contribution in [1.82, 2.24) is 10.4 Å². The Bertz CT molecular complexity index is 587. The molecule has 1 N–H and O–H groups in total. The van der Waals surface area contributed by atoms with Gasteiger partial charge in [-0.1, -0.05) is 42.1 Å². The highest BCUT2D eigenvalue weighted by atomic mass is 32.2. The van der Waals surface area contributed by atoms with Crippen LogP contribution < -0.4 is 5.43 Å². The molecule has 3 aliphatic rings. The van der Waals surface area contributed by atoms with Gasteiger partial charge in [-0.2, -0.15) is 5.01 Å². The van der Waals surface area contributed by atoms with E-state index in [9.17, 15) is 13.2 Å². The minimum atomic E-state index is -2.54. The molecule has 1 aliphatic carbocycles. The number of fused-ring (bicyclic) bond motifs is 1. The van der Waals surface area contributed by atoms with Crippen molar-refractivity contribution in [1.29, 1.82) is 0 Å². The Balaban J connectivity index is 1.45. The number of benzene rings is 1. The molecule has 3 atom stereocenters. The van der Waals surface area contributed by atoms with Crippen molar-refractivity contribution in [2.75, 3.05) is 0 Å². The molecule has 0 bridgehead atoms. The average molecular weight is 327 g/mol. The molecular formula is C15H16F3N3S. The summed E-state index contributed by atoms with van der Waals surface area (Å²) in [5.41, 5.74) is 4.16. The van der Waals surface area contributed by atoms with Gasteiger partial charge in [-0.3, -0.25) is 5.43 Å². The third kappa shape index (κ3) is 2.50. The molecule has 22 heavy (non-hydrogen) atoms. The van der Waals surface area contributed by atoms with Crippen molar-refractivity contribution in [3.05, 3.63) is 35.9 Å². The van der Waals surface area contributed by atoms with E-state index >= 15 is 0 Å². The van der Waals surface area contributed by atoms with Gasteiger partial charge in [0.2, 0.25) is 5.92 Å². The summed E-state index contributed by atoms with van der Waals surface area (Å²) in [5.74, 6) is -2.54. The topological polar surface area (TPSA) is 27.6 Å². The van der Waals surface area contributed by atoms with Crippen LogP contribution >= 0.6 is 11.8 Å². The maximum Gasteiger partial charge on any atom is 0.250 e. The highest BCUT2D eigenvalue weighted by Crippen LogP contribution is 2.46. The van der Waals surface area contributed by atoms with Gasteiger partial charge in [0.05, 0.1) is 6.04 Å². The molecule has 2 heterocycles. The fourth-order valence-electron chi connectivity index (χ4n) is 3.23. The minimum absolute atomic E-state index is 0.0779. The van der Waals surface area contributed by atoms with E-state index in [4.69, 9.17) is 0 Å². The van der Waals surface area contributed by atoms with Crippen LogP contribution in [0.1, 0.15) is 30.9 Å². The van der Waals surface area contributed by atoms with Crippen molar-refractivity contribution >= 4 is 16.9 Å². The predicted octanol–water partition coefficient (Wildman–Crippen LogP) is 3.50. The molecule has 1 saturated heterocycles. The number of nitrogens with zero attached hydrogens (tertiary/aromatic N) is 2. The summed E-state index contributed by atoms with van der Waals surface area (Å²) in [6.45, 7) is 0. The molecule has 1 unspecified atom stereocenters. The number of nitrogens with one attached hydrogen (secondary N) is 1. The van der Waals surface area contributed by atoms with Crippen LogP contribution in [0.4, 0.5) is 13.2 Å². The molecule has 0 spiro atoms. The van der Waals surface area contributed by atoms with Gasteiger partial charge in [0.25, 0.3) is 0 Å². The Morgan fingerprint density at radius 2 is 1.95 bits per heavy atom. The highest BCUT2D eigenvalue weighted by molar-refractivity contribution is 8.14. The first-order valence-corrected chi connectivity index (χ1v) is 8.26. The largest absolute Gasteiger partial charge is 0.295 e. The number of alkyl halides is 3. The van der Waals surface area contributed by atoms with Gasteiger partial charge in [-0.15, -0.1) is 0 Å². The summed E-state index contributed by atoms with van der Waals surface area (Å²) in [6.07, 6.45) is -1.44. The lowest BCUT2D eigenvalue weighted by Crippen LogP contribution is -2.42. The van der Waals surface area contributed by atoms with Gasteiger partial charge in [0, 0.05) is 24.5 Å². The second kappa shape index (κ2) is 5.16. The van der Waals surface area contributed by atoms with Gasteiger partial charge in [-0.05, 0) is 5.56 Å². The summed E-state index contributed by atoms with van der Waals surface area (Å²) in [5, 5.41) is 2.25. The summed E-state index contributed by atoms with van der Waals surface area (Å²) >= 11 is 1.30. The van der Waals surface area contributed by atoms with E-state index in [1.807, 2.05) is 35.3 Å². The average Bonchev–Trinajstić information content (AvgIpc) is 2.98. The smallest absolute Gasteiger partial charge is 0.250 e. The van der Waals surface area contributed by atoms with Crippen LogP contribution in [-0.2, 0) is 0 Å². The standard InChI is InChI=1S/C15H16F3N3S/c16-11-6-12(9-4-2-1-3-5-9)21-13(11)19-14(20-21)22-10-7-15(17,18)8-10/h1-5,10-13H,6-8H2,(H,19,20)/t11-,12-,13?/m0/s1. The fraction of sp³-hybridized carbons (Fsp3) is 0.533. The van der Waals surface area contributed by atoms with Crippen LogP contribution in [0.2, 0.25) is 0 Å². The molecule has 2 fully saturated rings. The second-order valence-electron chi connectivity index (χ2n) is 6.05. The maximum atomic E-state index is 14.2. The Hall–Kier alpha value is -1.21. The molecular weight excluding hydrogens is 311 g/mol. The van der Waals surface area contributed by atoms with Gasteiger partial charge in [0.15, 0.2) is 11.3 Å². The van der Waals surface area contributed by atoms with E-state index in [0.29, 0.717) is 11.6 Å². The molecule has 1 aromatic rings. The van der Waals surface area contributed by atoms with Gasteiger partial charge in [-0.25, -0.2) is 18.2 Å². The molecule has 1 saturated carbocycles. The van der Waals surface area contributed by atoms with Crippen LogP contribution in [0.25, 0.3) is 0 Å². The molecule has 4 rings (SSSR count). The third-order valence-corrected chi connectivity index (χ3v) is 5.47. The number of amidine groups is 1. The lowest BCUT2D eigenvalue weighted by Gasteiger charge is -2.34. The molecule has 0 aromatic heterocycles. The summed E-state index contributed by atoms with van der Waals surface area (Å²) in [7, 11) is 0. The fourth-order valence-corrected chi connectivity index (χ4v) is 4.53. The summed E-state index contributed by atoms with van der Waals surface area (Å²) in [4.78, 5) is 4.35. The van der Waals surface area contributed by atoms with Crippen molar-refractivity contribution < 1.29 is 13.2 Å². The van der Waals surface area contributed by atoms with Crippen LogP contribution in [-0.4, -0.2) is 33.7 Å². The monoisotopic (exact) mass is 327 g/mol. The van der Waals surface area contributed by atoms with Gasteiger partial charge >= 0.3 is 0 Å². The number of rotatable bonds is 2. The maximum absolute atomic E-state index is 14.2. The van der Waals surface area contributed by atoms with E-state index < -0.39 is 18.3 Å². The Labute approximate surface area is 130 Å². The normalized spacial score (nSPS) is 34.0. The van der Waals surface area contributed by atoms with Crippen molar-refractivity contribution in [2.45, 2.75) is 48.8 Å². The molecule has 0 radical (unpaired) electrons. The van der Waals surface area contributed by atoms with Crippen LogP contribution in [0.3, 0.4) is 0 Å². The van der Waals surface area contributed by atoms with Crippen molar-refractivity contribution in [3.63, 3.8) is 0 Å². The van der Waals surface area contributed by atoms with Crippen LogP contribution in [0.5, 0.6) is 0 Å². The zero-order chi connectivity index (χ0) is 15.3. The number of hydrazine groups is 1. The van der Waals surface area contributed by atoms with Gasteiger partial charge in [0.1, 0.15) is 6.17 Å². The van der Waals surface area contributed by atoms with Crippen molar-refractivity contribution in [2.24, 2.45) is 4.99 Å². The second-order valence-corrected chi connectivity index (χ2v) is 7.34. The zero-order valence-electron chi connectivity index (χ0n) is 11.8. The number of aliphatic imine (C=N–C) groups is 1. The molecule has 0 amide bonds. The predicted molar refractivity (Wildman–Crippen MR) is 80.5 cm³/mol. The first-order valence-electron chi connectivity index (χ1n) is 7.38. The van der Waals surface area contributed by atoms with Gasteiger partial charge < -0.3 is 0 Å². The quantitative estimate of drug-likeness (QED) is 0.901. The van der Waals surface area contributed by atoms with E-state index in [2.05, 4.69) is 10.4 Å². The van der Waals surface area contributed by atoms with Crippen LogP contribution in [0, 0.1) is 0 Å². The first kappa shape index (κ1) is 14.4. The molecule has 2 aliphatic heterocycles. The SMILES string of the molecule is F[C@H]1C[C@@H](c2ccccc2)N2NC(SC3CC(F)(F)C3)=NC12.